The molecule has 2 aromatic rings. The molecule has 1 atom stereocenters. The summed E-state index contributed by atoms with van der Waals surface area (Å²) in [6.45, 7) is 6.09. The summed E-state index contributed by atoms with van der Waals surface area (Å²) in [6.07, 6.45) is 24.5. The fourth-order valence-electron chi connectivity index (χ4n) is 8.19. The first-order valence-electron chi connectivity index (χ1n) is 16.8. The molecule has 41 heavy (non-hydrogen) atoms. The highest BCUT2D eigenvalue weighted by molar-refractivity contribution is 6.09. The Labute approximate surface area is 251 Å². The van der Waals surface area contributed by atoms with Gasteiger partial charge in [0.05, 0.1) is 5.41 Å². The van der Waals surface area contributed by atoms with Crippen molar-refractivity contribution in [3.05, 3.63) is 77.5 Å². The lowest BCUT2D eigenvalue weighted by Crippen LogP contribution is -2.29. The molecule has 1 aliphatic heterocycles. The summed E-state index contributed by atoms with van der Waals surface area (Å²) < 4.78 is 2.72. The molecule has 0 N–H and O–H groups in total. The van der Waals surface area contributed by atoms with E-state index in [1.54, 1.807) is 5.57 Å². The van der Waals surface area contributed by atoms with Gasteiger partial charge in [-0.25, -0.2) is 0 Å². The summed E-state index contributed by atoms with van der Waals surface area (Å²) in [5.41, 5.74) is 8.51. The van der Waals surface area contributed by atoms with E-state index in [9.17, 15) is 0 Å². The van der Waals surface area contributed by atoms with Crippen LogP contribution in [0.25, 0.3) is 11.6 Å². The van der Waals surface area contributed by atoms with Crippen LogP contribution in [-0.2, 0) is 0 Å². The Morgan fingerprint density at radius 2 is 1.39 bits per heavy atom. The first-order valence-corrected chi connectivity index (χ1v) is 16.8. The van der Waals surface area contributed by atoms with Crippen molar-refractivity contribution >= 4 is 23.0 Å². The van der Waals surface area contributed by atoms with Crippen LogP contribution in [-0.4, -0.2) is 30.9 Å². The van der Waals surface area contributed by atoms with Crippen LogP contribution >= 0.6 is 0 Å². The third-order valence-corrected chi connectivity index (χ3v) is 10.6. The normalized spacial score (nSPS) is 22.1. The second-order valence-corrected chi connectivity index (χ2v) is 13.7. The number of nitrogens with zero attached hydrogens (tertiary/aromatic N) is 2. The predicted molar refractivity (Wildman–Crippen MR) is 179 cm³/mol. The van der Waals surface area contributed by atoms with Crippen LogP contribution in [0.3, 0.4) is 0 Å². The molecule has 2 nitrogen and oxygen atoms in total. The third-order valence-electron chi connectivity index (χ3n) is 10.6. The van der Waals surface area contributed by atoms with Crippen LogP contribution in [0.2, 0.25) is 0 Å². The molecular weight excluding hydrogens is 496 g/mol. The minimum absolute atomic E-state index is 0.0234. The van der Waals surface area contributed by atoms with E-state index < -0.39 is 0 Å². The molecule has 2 aliphatic carbocycles. The molecule has 0 saturated heterocycles. The summed E-state index contributed by atoms with van der Waals surface area (Å²) in [5, 5.41) is 0. The number of allylic oxidation sites excluding steroid dienone is 3. The molecule has 1 unspecified atom stereocenters. The van der Waals surface area contributed by atoms with E-state index in [0.29, 0.717) is 0 Å². The Morgan fingerprint density at radius 3 is 2.00 bits per heavy atom. The molecule has 0 radical (unpaired) electrons. The number of hydrogen-bond acceptors (Lipinski definition) is 1. The highest BCUT2D eigenvalue weighted by Crippen LogP contribution is 2.48. The van der Waals surface area contributed by atoms with Crippen molar-refractivity contribution in [3.8, 4) is 0 Å². The van der Waals surface area contributed by atoms with Gasteiger partial charge in [-0.1, -0.05) is 113 Å². The summed E-state index contributed by atoms with van der Waals surface area (Å²) in [5.74, 6) is 1.94. The van der Waals surface area contributed by atoms with Gasteiger partial charge in [-0.3, -0.25) is 0 Å². The van der Waals surface area contributed by atoms with Crippen molar-refractivity contribution in [1.82, 2.24) is 0 Å². The van der Waals surface area contributed by atoms with Gasteiger partial charge in [0, 0.05) is 44.8 Å². The molecule has 2 fully saturated rings. The Kier molecular flexibility index (Phi) is 10.2. The van der Waals surface area contributed by atoms with Crippen LogP contribution in [0.5, 0.6) is 0 Å². The minimum Gasteiger partial charge on any atom is -0.378 e. The molecule has 1 heterocycles. The number of unbranched alkanes of at least 4 members (excludes halogenated alkanes) is 1. The van der Waals surface area contributed by atoms with Crippen molar-refractivity contribution in [2.45, 2.75) is 104 Å². The zero-order valence-corrected chi connectivity index (χ0v) is 26.5. The molecule has 220 valence electrons. The average molecular weight is 552 g/mol. The zero-order chi connectivity index (χ0) is 28.7. The maximum Gasteiger partial charge on any atom is 0.192 e. The SMILES string of the molecule is CC1=C(c2ccccc2)C(C)(CCCC2CCCC2)C(C=Cc2ccc(N(C)C)cc2)=[N+]1CCCCC1CCCC1. The molecule has 2 heteroatoms. The van der Waals surface area contributed by atoms with Crippen molar-refractivity contribution in [3.63, 3.8) is 0 Å². The number of anilines is 1. The molecule has 2 aromatic carbocycles. The highest BCUT2D eigenvalue weighted by Gasteiger charge is 2.48. The van der Waals surface area contributed by atoms with Gasteiger partial charge in [0.2, 0.25) is 0 Å². The van der Waals surface area contributed by atoms with Crippen LogP contribution < -0.4 is 4.90 Å². The van der Waals surface area contributed by atoms with E-state index in [1.807, 2.05) is 0 Å². The molecule has 0 aromatic heterocycles. The lowest BCUT2D eigenvalue weighted by molar-refractivity contribution is -0.474. The fraction of sp³-hybridized carbons (Fsp3) is 0.564. The quantitative estimate of drug-likeness (QED) is 0.177. The molecule has 0 amide bonds. The smallest absolute Gasteiger partial charge is 0.192 e. The van der Waals surface area contributed by atoms with Crippen LogP contribution in [0.4, 0.5) is 5.69 Å². The second kappa shape index (κ2) is 14.0. The topological polar surface area (TPSA) is 6.25 Å². The van der Waals surface area contributed by atoms with Crippen molar-refractivity contribution in [2.24, 2.45) is 17.3 Å². The summed E-state index contributed by atoms with van der Waals surface area (Å²) in [6, 6.07) is 20.3. The van der Waals surface area contributed by atoms with Gasteiger partial charge < -0.3 is 4.90 Å². The lowest BCUT2D eigenvalue weighted by Gasteiger charge is -2.26. The fourth-order valence-corrected chi connectivity index (χ4v) is 8.19. The van der Waals surface area contributed by atoms with E-state index in [2.05, 4.69) is 104 Å². The molecule has 5 rings (SSSR count). The van der Waals surface area contributed by atoms with Gasteiger partial charge in [0.15, 0.2) is 11.4 Å². The monoisotopic (exact) mass is 551 g/mol. The van der Waals surface area contributed by atoms with Crippen LogP contribution in [0.15, 0.2) is 66.4 Å². The van der Waals surface area contributed by atoms with E-state index in [0.717, 1.165) is 18.4 Å². The Hall–Kier alpha value is -2.61. The number of benzene rings is 2. The molecule has 3 aliphatic rings. The molecular formula is C39H55N2+. The minimum atomic E-state index is 0.0234. The van der Waals surface area contributed by atoms with Crippen LogP contribution in [0.1, 0.15) is 115 Å². The third kappa shape index (κ3) is 7.25. The highest BCUT2D eigenvalue weighted by atomic mass is 15.1. The number of rotatable bonds is 13. The zero-order valence-electron chi connectivity index (χ0n) is 26.5. The summed E-state index contributed by atoms with van der Waals surface area (Å²) >= 11 is 0. The van der Waals surface area contributed by atoms with E-state index in [4.69, 9.17) is 0 Å². The van der Waals surface area contributed by atoms with Crippen molar-refractivity contribution < 1.29 is 4.58 Å². The second-order valence-electron chi connectivity index (χ2n) is 13.7. The van der Waals surface area contributed by atoms with E-state index >= 15 is 0 Å². The molecule has 2 saturated carbocycles. The van der Waals surface area contributed by atoms with Gasteiger partial charge in [0.25, 0.3) is 0 Å². The maximum absolute atomic E-state index is 2.72. The summed E-state index contributed by atoms with van der Waals surface area (Å²) in [7, 11) is 4.22. The first-order chi connectivity index (χ1) is 20.0. The van der Waals surface area contributed by atoms with Gasteiger partial charge in [-0.2, -0.15) is 4.58 Å². The Bertz CT molecular complexity index is 1200. The Morgan fingerprint density at radius 1 is 0.780 bits per heavy atom. The van der Waals surface area contributed by atoms with Crippen molar-refractivity contribution in [1.29, 1.82) is 0 Å². The van der Waals surface area contributed by atoms with E-state index in [1.165, 1.54) is 118 Å². The summed E-state index contributed by atoms with van der Waals surface area (Å²) in [4.78, 5) is 2.17. The lowest BCUT2D eigenvalue weighted by atomic mass is 9.71. The van der Waals surface area contributed by atoms with Gasteiger partial charge >= 0.3 is 0 Å². The average Bonchev–Trinajstić information content (AvgIpc) is 3.73. The maximum atomic E-state index is 2.72. The first kappa shape index (κ1) is 29.9. The van der Waals surface area contributed by atoms with Gasteiger partial charge in [-0.15, -0.1) is 0 Å². The molecule has 0 spiro atoms. The van der Waals surface area contributed by atoms with E-state index in [-0.39, 0.29) is 5.41 Å². The largest absolute Gasteiger partial charge is 0.378 e. The predicted octanol–water partition coefficient (Wildman–Crippen LogP) is 10.4. The Balaban J connectivity index is 1.45. The van der Waals surface area contributed by atoms with Crippen LogP contribution in [0, 0.1) is 17.3 Å². The number of hydrogen-bond donors (Lipinski definition) is 0. The standard InChI is InChI=1S/C39H55N2/c1-31-38(35-21-6-5-7-22-35)39(2,29-14-20-33-17-10-11-18-33)37(28-25-34-23-26-36(27-24-34)40(3)4)41(31)30-13-12-19-32-15-8-9-16-32/h5-7,21-28,32-33H,8-20,29-30H2,1-4H3/q+1. The van der Waals surface area contributed by atoms with Crippen molar-refractivity contribution in [2.75, 3.05) is 25.5 Å². The van der Waals surface area contributed by atoms with Gasteiger partial charge in [0.1, 0.15) is 6.54 Å². The molecule has 0 bridgehead atoms. The van der Waals surface area contributed by atoms with Gasteiger partial charge in [-0.05, 0) is 60.9 Å².